The molecule has 3 aliphatic rings. The van der Waals surface area contributed by atoms with E-state index < -0.39 is 0 Å². The lowest BCUT2D eigenvalue weighted by molar-refractivity contribution is -0.120. The average molecular weight is 489 g/mol. The number of carbonyl (C=O) groups excluding carboxylic acids is 1. The molecule has 36 heavy (non-hydrogen) atoms. The number of hydrogen-bond acceptors (Lipinski definition) is 5. The number of rotatable bonds is 2. The monoisotopic (exact) mass is 488 g/mol. The third-order valence-electron chi connectivity index (χ3n) is 7.10. The van der Waals surface area contributed by atoms with Gasteiger partial charge in [-0.1, -0.05) is 84.9 Å². The van der Waals surface area contributed by atoms with Crippen LogP contribution in [0.2, 0.25) is 0 Å². The summed E-state index contributed by atoms with van der Waals surface area (Å²) in [5, 5.41) is 13.0. The van der Waals surface area contributed by atoms with Crippen molar-refractivity contribution in [3.05, 3.63) is 59.1 Å². The molecule has 1 saturated heterocycles. The number of fused-ring (bicyclic) bond motifs is 3. The number of ketones is 1. The van der Waals surface area contributed by atoms with Crippen molar-refractivity contribution in [3.8, 4) is 17.3 Å². The quantitative estimate of drug-likeness (QED) is 0.492. The molecule has 1 fully saturated rings. The maximum absolute atomic E-state index is 12.6. The Labute approximate surface area is 218 Å². The van der Waals surface area contributed by atoms with E-state index in [-0.39, 0.29) is 23.5 Å². The molecule has 1 aliphatic heterocycles. The molecule has 1 N–H and O–H groups in total. The van der Waals surface area contributed by atoms with Crippen molar-refractivity contribution in [2.24, 2.45) is 11.8 Å². The maximum atomic E-state index is 12.6. The SMILES string of the molecule is CC.CC.CC.CC1C(=O)C(C#N)=CC2c3nc(C4CCNCC4)nc(-c4ccccc4)c3CCC12. The van der Waals surface area contributed by atoms with Crippen molar-refractivity contribution in [2.75, 3.05) is 13.1 Å². The first-order chi connectivity index (χ1) is 17.7. The van der Waals surface area contributed by atoms with Gasteiger partial charge in [0.2, 0.25) is 0 Å². The number of benzene rings is 1. The number of piperidine rings is 1. The van der Waals surface area contributed by atoms with Gasteiger partial charge in [-0.2, -0.15) is 5.26 Å². The lowest BCUT2D eigenvalue weighted by atomic mass is 9.66. The molecule has 3 unspecified atom stereocenters. The Morgan fingerprint density at radius 1 is 0.944 bits per heavy atom. The largest absolute Gasteiger partial charge is 0.317 e. The highest BCUT2D eigenvalue weighted by Crippen LogP contribution is 2.46. The molecule has 3 atom stereocenters. The van der Waals surface area contributed by atoms with Crippen molar-refractivity contribution >= 4 is 5.78 Å². The third kappa shape index (κ3) is 6.10. The van der Waals surface area contributed by atoms with Crippen LogP contribution in [-0.2, 0) is 11.2 Å². The summed E-state index contributed by atoms with van der Waals surface area (Å²) in [4.78, 5) is 22.8. The zero-order valence-corrected chi connectivity index (χ0v) is 23.3. The second-order valence-electron chi connectivity index (χ2n) is 8.76. The van der Waals surface area contributed by atoms with Gasteiger partial charge in [0.05, 0.1) is 17.0 Å². The van der Waals surface area contributed by atoms with E-state index in [1.807, 2.05) is 60.6 Å². The summed E-state index contributed by atoms with van der Waals surface area (Å²) < 4.78 is 0. The number of aromatic nitrogens is 2. The Morgan fingerprint density at radius 2 is 1.58 bits per heavy atom. The van der Waals surface area contributed by atoms with E-state index in [0.29, 0.717) is 11.5 Å². The van der Waals surface area contributed by atoms with Crippen molar-refractivity contribution < 1.29 is 4.79 Å². The minimum atomic E-state index is -0.139. The predicted molar refractivity (Wildman–Crippen MR) is 149 cm³/mol. The van der Waals surface area contributed by atoms with Crippen LogP contribution in [-0.4, -0.2) is 28.8 Å². The van der Waals surface area contributed by atoms with Gasteiger partial charge < -0.3 is 5.32 Å². The number of nitrogens with zero attached hydrogens (tertiary/aromatic N) is 3. The second kappa shape index (κ2) is 14.7. The van der Waals surface area contributed by atoms with Gasteiger partial charge in [0.15, 0.2) is 5.78 Å². The normalized spacial score (nSPS) is 22.4. The van der Waals surface area contributed by atoms with Crippen LogP contribution in [0.15, 0.2) is 42.0 Å². The van der Waals surface area contributed by atoms with Gasteiger partial charge in [0.1, 0.15) is 11.9 Å². The van der Waals surface area contributed by atoms with Gasteiger partial charge in [0, 0.05) is 28.9 Å². The van der Waals surface area contributed by atoms with Crippen molar-refractivity contribution in [3.63, 3.8) is 0 Å². The molecule has 5 heteroatoms. The highest BCUT2D eigenvalue weighted by atomic mass is 16.1. The van der Waals surface area contributed by atoms with E-state index in [2.05, 4.69) is 35.7 Å². The summed E-state index contributed by atoms with van der Waals surface area (Å²) in [7, 11) is 0. The number of carbonyl (C=O) groups is 1. The molecular formula is C31H44N4O. The van der Waals surface area contributed by atoms with Crippen LogP contribution >= 0.6 is 0 Å². The van der Waals surface area contributed by atoms with E-state index in [1.165, 1.54) is 5.56 Å². The van der Waals surface area contributed by atoms with Gasteiger partial charge in [-0.25, -0.2) is 9.97 Å². The van der Waals surface area contributed by atoms with E-state index in [4.69, 9.17) is 9.97 Å². The smallest absolute Gasteiger partial charge is 0.176 e. The summed E-state index contributed by atoms with van der Waals surface area (Å²) in [5.74, 6) is 1.34. The minimum Gasteiger partial charge on any atom is -0.317 e. The maximum Gasteiger partial charge on any atom is 0.176 e. The van der Waals surface area contributed by atoms with Crippen molar-refractivity contribution in [1.29, 1.82) is 5.26 Å². The van der Waals surface area contributed by atoms with Gasteiger partial charge in [-0.15, -0.1) is 0 Å². The first-order valence-electron chi connectivity index (χ1n) is 14.0. The fourth-order valence-corrected chi connectivity index (χ4v) is 5.39. The van der Waals surface area contributed by atoms with E-state index in [1.54, 1.807) is 0 Å². The van der Waals surface area contributed by atoms with Crippen LogP contribution in [0.25, 0.3) is 11.3 Å². The van der Waals surface area contributed by atoms with E-state index >= 15 is 0 Å². The number of nitrogens with one attached hydrogen (secondary N) is 1. The molecule has 1 aromatic carbocycles. The van der Waals surface area contributed by atoms with Gasteiger partial charge in [-0.3, -0.25) is 4.79 Å². The second-order valence-corrected chi connectivity index (χ2v) is 8.76. The molecule has 2 aromatic rings. The van der Waals surface area contributed by atoms with E-state index in [0.717, 1.165) is 61.5 Å². The Bertz CT molecular complexity index is 1050. The summed E-state index contributed by atoms with van der Waals surface area (Å²) >= 11 is 0. The van der Waals surface area contributed by atoms with Crippen LogP contribution in [0, 0.1) is 23.2 Å². The van der Waals surface area contributed by atoms with Crippen LogP contribution in [0.1, 0.15) is 96.6 Å². The fourth-order valence-electron chi connectivity index (χ4n) is 5.39. The molecule has 0 radical (unpaired) electrons. The molecular weight excluding hydrogens is 444 g/mol. The zero-order valence-electron chi connectivity index (χ0n) is 23.3. The molecule has 2 heterocycles. The van der Waals surface area contributed by atoms with Crippen LogP contribution in [0.4, 0.5) is 0 Å². The highest BCUT2D eigenvalue weighted by molar-refractivity contribution is 6.01. The molecule has 5 nitrogen and oxygen atoms in total. The molecule has 5 rings (SSSR count). The Balaban J connectivity index is 0.000000710. The Kier molecular flexibility index (Phi) is 12.0. The topological polar surface area (TPSA) is 78.7 Å². The molecule has 0 amide bonds. The average Bonchev–Trinajstić information content (AvgIpc) is 2.98. The van der Waals surface area contributed by atoms with Gasteiger partial charge in [0.25, 0.3) is 0 Å². The Hall–Kier alpha value is -2.84. The first kappa shape index (κ1) is 29.4. The number of allylic oxidation sites excluding steroid dienone is 2. The third-order valence-corrected chi connectivity index (χ3v) is 7.10. The molecule has 0 spiro atoms. The molecule has 1 aromatic heterocycles. The van der Waals surface area contributed by atoms with Crippen LogP contribution in [0.3, 0.4) is 0 Å². The molecule has 194 valence electrons. The number of hydrogen-bond donors (Lipinski definition) is 1. The number of nitriles is 1. The molecule has 0 saturated carbocycles. The molecule has 2 aliphatic carbocycles. The fraction of sp³-hybridized carbons (Fsp3) is 0.548. The minimum absolute atomic E-state index is 0.0156. The summed E-state index contributed by atoms with van der Waals surface area (Å²) in [6.07, 6.45) is 5.76. The van der Waals surface area contributed by atoms with Crippen molar-refractivity contribution in [1.82, 2.24) is 15.3 Å². The van der Waals surface area contributed by atoms with Gasteiger partial charge in [-0.05, 0) is 44.7 Å². The molecule has 0 bridgehead atoms. The zero-order chi connectivity index (χ0) is 26.7. The van der Waals surface area contributed by atoms with Crippen LogP contribution < -0.4 is 5.32 Å². The lowest BCUT2D eigenvalue weighted by Crippen LogP contribution is -2.36. The van der Waals surface area contributed by atoms with E-state index in [9.17, 15) is 10.1 Å². The highest BCUT2D eigenvalue weighted by Gasteiger charge is 2.42. The Morgan fingerprint density at radius 3 is 2.19 bits per heavy atom. The summed E-state index contributed by atoms with van der Waals surface area (Å²) in [5.41, 5.74) is 4.68. The van der Waals surface area contributed by atoms with Gasteiger partial charge >= 0.3 is 0 Å². The first-order valence-corrected chi connectivity index (χ1v) is 14.0. The predicted octanol–water partition coefficient (Wildman–Crippen LogP) is 7.00. The standard InChI is InChI=1S/C25H26N4O.3C2H6/c1-15-19-7-8-20-22(16-5-3-2-4-6-16)28-25(17-9-11-27-12-10-17)29-23(20)21(19)13-18(14-26)24(15)30;3*1-2/h2-6,13,15,17,19,21,27H,7-12H2,1H3;3*1-2H3. The lowest BCUT2D eigenvalue weighted by Gasteiger charge is -2.38. The van der Waals surface area contributed by atoms with Crippen LogP contribution in [0.5, 0.6) is 0 Å². The summed E-state index contributed by atoms with van der Waals surface area (Å²) in [6, 6.07) is 12.5. The summed E-state index contributed by atoms with van der Waals surface area (Å²) in [6.45, 7) is 16.0. The van der Waals surface area contributed by atoms with Crippen molar-refractivity contribution in [2.45, 2.75) is 86.0 Å². The number of Topliss-reactive ketones (excluding diaryl/α,β-unsaturated/α-hetero) is 1.